The van der Waals surface area contributed by atoms with Crippen LogP contribution in [0.1, 0.15) is 12.8 Å². The number of halogens is 2. The standard InChI is InChI=1S/C9H7.C7H9O.2CH3.2ClH.Si.Zr/c1-2-5-9-7-3-6-8(9)4-1;8-6-5-7-3-1-2-4-7;;;;;;/h1-7H;1,3,8H,2,5-6H2;2*1H3;2*1H;;/q4*-1;;;;. The Morgan fingerprint density at radius 1 is 1.13 bits per heavy atom. The van der Waals surface area contributed by atoms with Crippen LogP contribution in [0.2, 0.25) is 0 Å². The van der Waals surface area contributed by atoms with Crippen molar-refractivity contribution >= 4 is 42.5 Å². The zero-order valence-corrected chi connectivity index (χ0v) is 18.7. The van der Waals surface area contributed by atoms with Gasteiger partial charge in [-0.3, -0.25) is 6.08 Å². The summed E-state index contributed by atoms with van der Waals surface area (Å²) in [6.07, 6.45) is 8.85. The van der Waals surface area contributed by atoms with Crippen molar-refractivity contribution in [1.82, 2.24) is 0 Å². The fourth-order valence-electron chi connectivity index (χ4n) is 1.81. The third-order valence-corrected chi connectivity index (χ3v) is 2.69. The van der Waals surface area contributed by atoms with Gasteiger partial charge in [0.25, 0.3) is 0 Å². The maximum absolute atomic E-state index is 8.43. The van der Waals surface area contributed by atoms with Crippen molar-refractivity contribution in [1.29, 1.82) is 0 Å². The smallest absolute Gasteiger partial charge is 0.0809 e. The molecule has 0 heterocycles. The Bertz CT molecular complexity index is 522. The second-order valence-electron chi connectivity index (χ2n) is 3.94. The third kappa shape index (κ3) is 12.0. The van der Waals surface area contributed by atoms with Gasteiger partial charge in [-0.1, -0.05) is 6.07 Å². The molecule has 23 heavy (non-hydrogen) atoms. The van der Waals surface area contributed by atoms with E-state index in [-0.39, 0.29) is 46.3 Å². The Hall–Kier alpha value is -0.0500. The average molecular weight is 447 g/mol. The van der Waals surface area contributed by atoms with Crippen molar-refractivity contribution in [3.63, 3.8) is 0 Å². The largest absolute Gasteiger partial charge is 0.168 e. The summed E-state index contributed by atoms with van der Waals surface area (Å²) in [6.45, 7) is 3.30. The molecule has 1 aliphatic carbocycles. The van der Waals surface area contributed by atoms with Gasteiger partial charge in [0.05, 0.1) is 0 Å². The molecule has 1 aliphatic rings. The molecule has 0 fully saturated rings. The molecular formula is C18H24Cl2OSiZr-4. The first-order valence-electron chi connectivity index (χ1n) is 6.12. The fraction of sp³-hybridized carbons (Fsp3) is 0.167. The first-order chi connectivity index (χ1) is 9.40. The van der Waals surface area contributed by atoms with E-state index in [1.807, 2.05) is 12.2 Å². The van der Waals surface area contributed by atoms with Gasteiger partial charge >= 0.3 is 30.2 Å². The summed E-state index contributed by atoms with van der Waals surface area (Å²) >= 11 is 1.36. The molecule has 1 nitrogen and oxygen atoms in total. The van der Waals surface area contributed by atoms with Crippen molar-refractivity contribution in [2.45, 2.75) is 12.8 Å². The molecule has 0 saturated carbocycles. The third-order valence-electron chi connectivity index (χ3n) is 2.69. The molecule has 128 valence electrons. The van der Waals surface area contributed by atoms with Gasteiger partial charge in [0.2, 0.25) is 0 Å². The van der Waals surface area contributed by atoms with Crippen LogP contribution >= 0.6 is 24.8 Å². The monoisotopic (exact) mass is 444 g/mol. The summed E-state index contributed by atoms with van der Waals surface area (Å²) in [7, 11) is 0. The van der Waals surface area contributed by atoms with Gasteiger partial charge in [-0.2, -0.15) is 23.6 Å². The van der Waals surface area contributed by atoms with E-state index in [0.29, 0.717) is 0 Å². The maximum atomic E-state index is 8.43. The number of benzene rings is 1. The van der Waals surface area contributed by atoms with Crippen molar-refractivity contribution < 1.29 is 28.4 Å². The van der Waals surface area contributed by atoms with Gasteiger partial charge in [0.1, 0.15) is 0 Å². The molecule has 2 aromatic rings. The van der Waals surface area contributed by atoms with Crippen LogP contribution in [-0.4, -0.2) is 18.6 Å². The predicted molar refractivity (Wildman–Crippen MR) is 105 cm³/mol. The molecule has 2 aromatic carbocycles. The summed E-state index contributed by atoms with van der Waals surface area (Å²) in [5.41, 5.74) is 1.15. The minimum absolute atomic E-state index is 0. The van der Waals surface area contributed by atoms with Crippen LogP contribution in [0.3, 0.4) is 0 Å². The van der Waals surface area contributed by atoms with Crippen molar-refractivity contribution in [2.24, 2.45) is 0 Å². The second kappa shape index (κ2) is 20.0. The molecule has 0 aromatic heterocycles. The van der Waals surface area contributed by atoms with Crippen molar-refractivity contribution in [2.75, 3.05) is 6.61 Å². The second-order valence-corrected chi connectivity index (χ2v) is 3.94. The summed E-state index contributed by atoms with van der Waals surface area (Å²) in [5.74, 6) is 0. The van der Waals surface area contributed by atoms with Crippen LogP contribution in [0.4, 0.5) is 0 Å². The van der Waals surface area contributed by atoms with E-state index in [0.717, 1.165) is 18.4 Å². The maximum Gasteiger partial charge on any atom is -0.0809 e. The molecule has 0 atom stereocenters. The number of allylic oxidation sites excluding steroid dienone is 3. The number of hydrogen-bond donors (Lipinski definition) is 1. The number of hydrogen-bond acceptors (Lipinski definition) is 1. The number of fused-ring (bicyclic) bond motifs is 1. The molecule has 0 aliphatic heterocycles. The van der Waals surface area contributed by atoms with Crippen molar-refractivity contribution in [3.05, 3.63) is 81.1 Å². The van der Waals surface area contributed by atoms with E-state index in [2.05, 4.69) is 55.4 Å². The number of aliphatic hydroxyl groups is 1. The Morgan fingerprint density at radius 3 is 2.30 bits per heavy atom. The fourth-order valence-corrected chi connectivity index (χ4v) is 1.81. The Labute approximate surface area is 170 Å². The minimum atomic E-state index is 0. The normalized spacial score (nSPS) is 10.0. The summed E-state index contributed by atoms with van der Waals surface area (Å²) in [6, 6.07) is 14.7. The molecule has 5 heteroatoms. The quantitative estimate of drug-likeness (QED) is 0.510. The van der Waals surface area contributed by atoms with Crippen LogP contribution in [0, 0.1) is 20.9 Å². The molecule has 0 bridgehead atoms. The van der Waals surface area contributed by atoms with E-state index in [9.17, 15) is 0 Å². The van der Waals surface area contributed by atoms with Gasteiger partial charge in [-0.25, -0.2) is 11.6 Å². The molecular weight excluding hydrogens is 422 g/mol. The van der Waals surface area contributed by atoms with E-state index in [1.165, 1.54) is 34.1 Å². The topological polar surface area (TPSA) is 20.2 Å². The first kappa shape index (κ1) is 30.8. The zero-order chi connectivity index (χ0) is 13.9. The Kier molecular flexibility index (Phi) is 26.8. The molecule has 3 rings (SSSR count). The number of rotatable bonds is 2. The van der Waals surface area contributed by atoms with Gasteiger partial charge in [-0.05, 0) is 6.42 Å². The van der Waals surface area contributed by atoms with Crippen molar-refractivity contribution in [3.8, 4) is 0 Å². The Balaban J connectivity index is -0.000000123. The van der Waals surface area contributed by atoms with Crippen LogP contribution in [0.25, 0.3) is 10.8 Å². The van der Waals surface area contributed by atoms with E-state index < -0.39 is 0 Å². The molecule has 2 radical (unpaired) electrons. The molecule has 0 unspecified atom stereocenters. The summed E-state index contributed by atoms with van der Waals surface area (Å²) in [5, 5.41) is 11.1. The molecule has 0 spiro atoms. The zero-order valence-electron chi connectivity index (χ0n) is 13.6. The number of aliphatic hydroxyl groups excluding tert-OH is 1. The van der Waals surface area contributed by atoms with Crippen LogP contribution in [0.15, 0.2) is 60.2 Å². The predicted octanol–water partition coefficient (Wildman–Crippen LogP) is 4.98. The van der Waals surface area contributed by atoms with E-state index >= 15 is 0 Å². The SMILES string of the molecule is Cl.Cl.OCCC1=[C-]CC=C1.[CH3-].[CH3-].[Si]=[Zr].c1ccc2[cH-]ccc2c1. The van der Waals surface area contributed by atoms with Gasteiger partial charge in [-0.15, -0.1) is 60.9 Å². The molecule has 0 amide bonds. The van der Waals surface area contributed by atoms with Gasteiger partial charge in [0, 0.05) is 6.61 Å². The summed E-state index contributed by atoms with van der Waals surface area (Å²) < 4.78 is 0. The van der Waals surface area contributed by atoms with E-state index in [1.54, 1.807) is 0 Å². The first-order valence-corrected chi connectivity index (χ1v) is 10.3. The van der Waals surface area contributed by atoms with Gasteiger partial charge < -0.3 is 20.0 Å². The van der Waals surface area contributed by atoms with Crippen LogP contribution in [0.5, 0.6) is 0 Å². The molecule has 0 saturated heterocycles. The van der Waals surface area contributed by atoms with Gasteiger partial charge in [0.15, 0.2) is 0 Å². The average Bonchev–Trinajstić information content (AvgIpc) is 3.12. The van der Waals surface area contributed by atoms with E-state index in [4.69, 9.17) is 5.11 Å². The van der Waals surface area contributed by atoms with Crippen LogP contribution in [-0.2, 0) is 23.3 Å². The minimum Gasteiger partial charge on any atom is -0.168 e. The summed E-state index contributed by atoms with van der Waals surface area (Å²) in [4.78, 5) is 0. The molecule has 1 N–H and O–H groups in total. The Morgan fingerprint density at radius 2 is 1.78 bits per heavy atom. The van der Waals surface area contributed by atoms with Crippen LogP contribution < -0.4 is 0 Å².